The van der Waals surface area contributed by atoms with Crippen LogP contribution in [0, 0.1) is 11.3 Å². The van der Waals surface area contributed by atoms with Gasteiger partial charge in [-0.3, -0.25) is 14.5 Å². The number of hydrogen-bond donors (Lipinski definition) is 0. The van der Waals surface area contributed by atoms with Gasteiger partial charge in [0.1, 0.15) is 17.4 Å². The Morgan fingerprint density at radius 3 is 2.31 bits per heavy atom. The van der Waals surface area contributed by atoms with Crippen molar-refractivity contribution < 1.29 is 14.3 Å². The Bertz CT molecular complexity index is 1030. The van der Waals surface area contributed by atoms with Crippen LogP contribution in [0.25, 0.3) is 6.08 Å². The van der Waals surface area contributed by atoms with Crippen molar-refractivity contribution in [2.75, 3.05) is 6.61 Å². The molecule has 3 rings (SSSR count). The highest BCUT2D eigenvalue weighted by Crippen LogP contribution is 2.32. The normalized spacial score (nSPS) is 16.8. The summed E-state index contributed by atoms with van der Waals surface area (Å²) in [5, 5.41) is 9.56. The van der Waals surface area contributed by atoms with Crippen LogP contribution in [0.1, 0.15) is 37.9 Å². The van der Waals surface area contributed by atoms with Gasteiger partial charge >= 0.3 is 0 Å². The quantitative estimate of drug-likeness (QED) is 0.563. The molecule has 0 spiro atoms. The standard InChI is InChI=1S/C24H22N2O3/c1-4-29-20-12-10-18(11-13-20)14-21-16(2)22(15-25)24(28)26(23(21)27)17(3)19-8-6-5-7-9-19/h5-14,17H,4H2,1-3H3/b21-14+. The maximum absolute atomic E-state index is 13.3. The molecule has 2 aromatic rings. The molecule has 0 N–H and O–H groups in total. The maximum Gasteiger partial charge on any atom is 0.272 e. The summed E-state index contributed by atoms with van der Waals surface area (Å²) in [4.78, 5) is 27.3. The average molecular weight is 386 g/mol. The number of nitrogens with zero attached hydrogens (tertiary/aromatic N) is 2. The average Bonchev–Trinajstić information content (AvgIpc) is 2.73. The Morgan fingerprint density at radius 2 is 1.72 bits per heavy atom. The second kappa shape index (κ2) is 8.57. The highest BCUT2D eigenvalue weighted by atomic mass is 16.5. The molecule has 1 aliphatic heterocycles. The number of benzene rings is 2. The molecule has 5 nitrogen and oxygen atoms in total. The second-order valence-electron chi connectivity index (χ2n) is 6.74. The minimum atomic E-state index is -0.560. The van der Waals surface area contributed by atoms with Crippen molar-refractivity contribution in [1.29, 1.82) is 5.26 Å². The fourth-order valence-corrected chi connectivity index (χ4v) is 3.33. The molecule has 2 aromatic carbocycles. The summed E-state index contributed by atoms with van der Waals surface area (Å²) in [6.07, 6.45) is 1.71. The largest absolute Gasteiger partial charge is 0.494 e. The van der Waals surface area contributed by atoms with Crippen molar-refractivity contribution in [2.45, 2.75) is 26.8 Å². The number of ether oxygens (including phenoxy) is 1. The molecule has 0 aliphatic carbocycles. The molecule has 5 heteroatoms. The zero-order chi connectivity index (χ0) is 21.0. The summed E-state index contributed by atoms with van der Waals surface area (Å²) in [7, 11) is 0. The van der Waals surface area contributed by atoms with Gasteiger partial charge in [-0.25, -0.2) is 0 Å². The van der Waals surface area contributed by atoms with Crippen LogP contribution in [0.2, 0.25) is 0 Å². The Balaban J connectivity index is 2.04. The Morgan fingerprint density at radius 1 is 1.07 bits per heavy atom. The molecule has 0 saturated carbocycles. The van der Waals surface area contributed by atoms with E-state index in [-0.39, 0.29) is 5.57 Å². The summed E-state index contributed by atoms with van der Waals surface area (Å²) in [5.74, 6) is -0.226. The van der Waals surface area contributed by atoms with E-state index < -0.39 is 17.9 Å². The zero-order valence-electron chi connectivity index (χ0n) is 16.7. The lowest BCUT2D eigenvalue weighted by Gasteiger charge is -2.32. The summed E-state index contributed by atoms with van der Waals surface area (Å²) >= 11 is 0. The smallest absolute Gasteiger partial charge is 0.272 e. The monoisotopic (exact) mass is 386 g/mol. The molecule has 0 radical (unpaired) electrons. The molecular weight excluding hydrogens is 364 g/mol. The topological polar surface area (TPSA) is 70.4 Å². The van der Waals surface area contributed by atoms with Crippen molar-refractivity contribution in [3.63, 3.8) is 0 Å². The minimum absolute atomic E-state index is 0.00966. The summed E-state index contributed by atoms with van der Waals surface area (Å²) in [6.45, 7) is 5.91. The van der Waals surface area contributed by atoms with Gasteiger partial charge in [0.2, 0.25) is 0 Å². The first-order valence-corrected chi connectivity index (χ1v) is 9.46. The Hall–Kier alpha value is -3.65. The predicted octanol–water partition coefficient (Wildman–Crippen LogP) is 4.44. The Labute approximate surface area is 170 Å². The van der Waals surface area contributed by atoms with Crippen LogP contribution in [0.4, 0.5) is 0 Å². The first-order valence-electron chi connectivity index (χ1n) is 9.46. The van der Waals surface area contributed by atoms with Gasteiger partial charge in [-0.15, -0.1) is 0 Å². The number of rotatable bonds is 5. The van der Waals surface area contributed by atoms with E-state index >= 15 is 0 Å². The molecule has 1 unspecified atom stereocenters. The highest BCUT2D eigenvalue weighted by molar-refractivity contribution is 6.19. The third-order valence-electron chi connectivity index (χ3n) is 4.94. The van der Waals surface area contributed by atoms with Gasteiger partial charge in [0.25, 0.3) is 11.8 Å². The van der Waals surface area contributed by atoms with E-state index in [0.717, 1.165) is 16.9 Å². The molecule has 29 heavy (non-hydrogen) atoms. The Kier molecular flexibility index (Phi) is 5.94. The first kappa shape index (κ1) is 20.1. The molecule has 1 aliphatic rings. The van der Waals surface area contributed by atoms with E-state index in [9.17, 15) is 14.9 Å². The summed E-state index contributed by atoms with van der Waals surface area (Å²) in [5.41, 5.74) is 2.34. The van der Waals surface area contributed by atoms with Crippen molar-refractivity contribution in [3.05, 3.63) is 82.4 Å². The van der Waals surface area contributed by atoms with Gasteiger partial charge < -0.3 is 4.74 Å². The number of nitriles is 1. The zero-order valence-corrected chi connectivity index (χ0v) is 16.7. The lowest BCUT2D eigenvalue weighted by Crippen LogP contribution is -2.44. The van der Waals surface area contributed by atoms with Gasteiger partial charge in [-0.1, -0.05) is 42.5 Å². The van der Waals surface area contributed by atoms with E-state index in [0.29, 0.717) is 17.8 Å². The first-order chi connectivity index (χ1) is 14.0. The number of hydrogen-bond acceptors (Lipinski definition) is 4. The fourth-order valence-electron chi connectivity index (χ4n) is 3.33. The van der Waals surface area contributed by atoms with Crippen LogP contribution >= 0.6 is 0 Å². The number of imide groups is 1. The molecular formula is C24H22N2O3. The lowest BCUT2D eigenvalue weighted by atomic mass is 9.91. The number of carbonyl (C=O) groups excluding carboxylic acids is 2. The molecule has 1 atom stereocenters. The molecule has 0 saturated heterocycles. The highest BCUT2D eigenvalue weighted by Gasteiger charge is 2.38. The van der Waals surface area contributed by atoms with Gasteiger partial charge in [0.15, 0.2) is 0 Å². The van der Waals surface area contributed by atoms with Gasteiger partial charge in [-0.2, -0.15) is 5.26 Å². The molecule has 2 amide bonds. The van der Waals surface area contributed by atoms with Crippen molar-refractivity contribution in [1.82, 2.24) is 4.90 Å². The molecule has 0 fully saturated rings. The van der Waals surface area contributed by atoms with Crippen LogP contribution in [-0.2, 0) is 9.59 Å². The maximum atomic E-state index is 13.3. The fraction of sp³-hybridized carbons (Fsp3) is 0.208. The van der Waals surface area contributed by atoms with E-state index in [1.54, 1.807) is 19.9 Å². The predicted molar refractivity (Wildman–Crippen MR) is 111 cm³/mol. The van der Waals surface area contributed by atoms with Crippen LogP contribution in [0.15, 0.2) is 71.3 Å². The van der Waals surface area contributed by atoms with E-state index in [4.69, 9.17) is 4.74 Å². The van der Waals surface area contributed by atoms with Gasteiger partial charge in [0, 0.05) is 5.57 Å². The van der Waals surface area contributed by atoms with Crippen LogP contribution in [0.3, 0.4) is 0 Å². The third kappa shape index (κ3) is 3.97. The SMILES string of the molecule is CCOc1ccc(/C=C2/C(=O)N(C(C)c3ccccc3)C(=O)C(C#N)=C2C)cc1. The third-order valence-corrected chi connectivity index (χ3v) is 4.94. The van der Waals surface area contributed by atoms with Crippen molar-refractivity contribution in [2.24, 2.45) is 0 Å². The summed E-state index contributed by atoms with van der Waals surface area (Å²) < 4.78 is 5.45. The van der Waals surface area contributed by atoms with E-state index in [1.807, 2.05) is 67.6 Å². The number of amides is 2. The molecule has 1 heterocycles. The number of carbonyl (C=O) groups is 2. The van der Waals surface area contributed by atoms with Crippen LogP contribution in [0.5, 0.6) is 5.75 Å². The summed E-state index contributed by atoms with van der Waals surface area (Å²) in [6, 6.07) is 18.1. The van der Waals surface area contributed by atoms with E-state index in [1.165, 1.54) is 4.90 Å². The molecule has 0 aromatic heterocycles. The van der Waals surface area contributed by atoms with Crippen LogP contribution < -0.4 is 4.74 Å². The molecule has 0 bridgehead atoms. The lowest BCUT2D eigenvalue weighted by molar-refractivity contribution is -0.143. The van der Waals surface area contributed by atoms with Crippen LogP contribution in [-0.4, -0.2) is 23.3 Å². The second-order valence-corrected chi connectivity index (χ2v) is 6.74. The molecule has 146 valence electrons. The van der Waals surface area contributed by atoms with Gasteiger partial charge in [0.05, 0.1) is 12.6 Å². The van der Waals surface area contributed by atoms with Crippen molar-refractivity contribution >= 4 is 17.9 Å². The minimum Gasteiger partial charge on any atom is -0.494 e. The van der Waals surface area contributed by atoms with Crippen molar-refractivity contribution in [3.8, 4) is 11.8 Å². The van der Waals surface area contributed by atoms with Gasteiger partial charge in [-0.05, 0) is 55.7 Å². The van der Waals surface area contributed by atoms with E-state index in [2.05, 4.69) is 0 Å².